The number of nitrogens with zero attached hydrogens (tertiary/aromatic N) is 3. The number of hydrogen-bond donors (Lipinski definition) is 2. The van der Waals surface area contributed by atoms with E-state index < -0.39 is 54.0 Å². The highest BCUT2D eigenvalue weighted by atomic mass is 16.5. The van der Waals surface area contributed by atoms with Crippen molar-refractivity contribution in [1.29, 1.82) is 0 Å². The first-order valence-electron chi connectivity index (χ1n) is 17.0. The third-order valence-electron chi connectivity index (χ3n) is 8.49. The standard InChI is InChI=1S/C37H52N4O8/c1-6-13-30(34(44)39(5)31(35(45)46)24-28-16-11-8-12-17-28)41(26-49-36(47)37(2,3)4)33(43)29(19-18-27-14-9-7-10-15-27)38-32(42)25-40-20-22-48-23-21-40/h7-12,14-17,29-31H,6,13,18-26H2,1-5H3,(H,38,42)(H,45,46). The Bertz CT molecular complexity index is 1380. The number of nitrogens with one attached hydrogen (secondary N) is 1. The van der Waals surface area contributed by atoms with Crippen LogP contribution in [0.3, 0.4) is 0 Å². The zero-order valence-electron chi connectivity index (χ0n) is 29.4. The Morgan fingerprint density at radius 3 is 2.04 bits per heavy atom. The van der Waals surface area contributed by atoms with Crippen LogP contribution in [0.25, 0.3) is 0 Å². The number of morpholine rings is 1. The van der Waals surface area contributed by atoms with E-state index in [-0.39, 0.29) is 31.7 Å². The highest BCUT2D eigenvalue weighted by molar-refractivity contribution is 5.94. The fourth-order valence-electron chi connectivity index (χ4n) is 5.57. The molecular weight excluding hydrogens is 628 g/mol. The first-order valence-corrected chi connectivity index (χ1v) is 17.0. The molecule has 1 aliphatic rings. The molecule has 0 bridgehead atoms. The van der Waals surface area contributed by atoms with E-state index in [9.17, 15) is 29.1 Å². The first kappa shape index (κ1) is 39.2. The van der Waals surface area contributed by atoms with Gasteiger partial charge in [0.1, 0.15) is 18.1 Å². The molecule has 12 nitrogen and oxygen atoms in total. The number of hydrogen-bond acceptors (Lipinski definition) is 8. The van der Waals surface area contributed by atoms with Crippen molar-refractivity contribution >= 4 is 29.7 Å². The van der Waals surface area contributed by atoms with Gasteiger partial charge in [0.05, 0.1) is 25.2 Å². The Labute approximate surface area is 289 Å². The number of carbonyl (C=O) groups excluding carboxylic acids is 4. The number of carbonyl (C=O) groups is 5. The zero-order chi connectivity index (χ0) is 36.0. The van der Waals surface area contributed by atoms with E-state index in [1.807, 2.05) is 48.2 Å². The second-order valence-corrected chi connectivity index (χ2v) is 13.4. The van der Waals surface area contributed by atoms with Crippen LogP contribution in [0, 0.1) is 5.41 Å². The molecule has 0 saturated carbocycles. The summed E-state index contributed by atoms with van der Waals surface area (Å²) in [7, 11) is 1.41. The number of carboxylic acids is 1. The maximum Gasteiger partial charge on any atom is 0.326 e. The molecule has 0 radical (unpaired) electrons. The summed E-state index contributed by atoms with van der Waals surface area (Å²) in [6.07, 6.45) is 1.37. The van der Waals surface area contributed by atoms with Gasteiger partial charge in [-0.3, -0.25) is 29.0 Å². The molecule has 268 valence electrons. The molecule has 1 saturated heterocycles. The summed E-state index contributed by atoms with van der Waals surface area (Å²) in [5.74, 6) is -3.33. The van der Waals surface area contributed by atoms with Gasteiger partial charge in [0.2, 0.25) is 17.7 Å². The molecule has 0 aliphatic carbocycles. The van der Waals surface area contributed by atoms with Crippen LogP contribution in [-0.2, 0) is 46.3 Å². The van der Waals surface area contributed by atoms with Crippen LogP contribution in [0.5, 0.6) is 0 Å². The van der Waals surface area contributed by atoms with Gasteiger partial charge in [0.15, 0.2) is 6.73 Å². The molecule has 3 unspecified atom stereocenters. The molecule has 49 heavy (non-hydrogen) atoms. The van der Waals surface area contributed by atoms with E-state index >= 15 is 0 Å². The quantitative estimate of drug-likeness (QED) is 0.190. The van der Waals surface area contributed by atoms with E-state index in [2.05, 4.69) is 5.32 Å². The molecule has 3 rings (SSSR count). The normalized spacial score (nSPS) is 15.4. The predicted molar refractivity (Wildman–Crippen MR) is 184 cm³/mol. The Balaban J connectivity index is 1.96. The van der Waals surface area contributed by atoms with Crippen molar-refractivity contribution in [2.75, 3.05) is 46.6 Å². The van der Waals surface area contributed by atoms with Gasteiger partial charge >= 0.3 is 11.9 Å². The Morgan fingerprint density at radius 2 is 1.49 bits per heavy atom. The largest absolute Gasteiger partial charge is 0.480 e. The van der Waals surface area contributed by atoms with Crippen molar-refractivity contribution in [1.82, 2.24) is 20.0 Å². The molecule has 3 amide bonds. The summed E-state index contributed by atoms with van der Waals surface area (Å²) in [5.41, 5.74) is 0.802. The van der Waals surface area contributed by atoms with E-state index in [0.29, 0.717) is 39.1 Å². The van der Waals surface area contributed by atoms with Crippen LogP contribution in [0.1, 0.15) is 58.1 Å². The van der Waals surface area contributed by atoms with Crippen molar-refractivity contribution in [2.45, 2.75) is 77.9 Å². The number of aliphatic carboxylic acids is 1. The van der Waals surface area contributed by atoms with Gasteiger partial charge in [-0.25, -0.2) is 4.79 Å². The van der Waals surface area contributed by atoms with Gasteiger partial charge in [-0.2, -0.15) is 0 Å². The lowest BCUT2D eigenvalue weighted by molar-refractivity contribution is -0.168. The number of ether oxygens (including phenoxy) is 2. The van der Waals surface area contributed by atoms with Gasteiger partial charge in [0, 0.05) is 26.6 Å². The number of rotatable bonds is 17. The Hall–Kier alpha value is -4.29. The van der Waals surface area contributed by atoms with Crippen LogP contribution in [-0.4, -0.2) is 114 Å². The molecule has 0 aromatic heterocycles. The van der Waals surface area contributed by atoms with Crippen LogP contribution in [0.4, 0.5) is 0 Å². The predicted octanol–water partition coefficient (Wildman–Crippen LogP) is 3.13. The summed E-state index contributed by atoms with van der Waals surface area (Å²) in [6.45, 7) is 8.58. The third-order valence-corrected chi connectivity index (χ3v) is 8.49. The summed E-state index contributed by atoms with van der Waals surface area (Å²) in [4.78, 5) is 71.9. The number of likely N-dealkylation sites (N-methyl/N-ethyl adjacent to an activating group) is 1. The Morgan fingerprint density at radius 1 is 0.898 bits per heavy atom. The summed E-state index contributed by atoms with van der Waals surface area (Å²) in [6, 6.07) is 15.1. The maximum absolute atomic E-state index is 14.6. The van der Waals surface area contributed by atoms with Crippen molar-refractivity contribution < 1.29 is 38.6 Å². The average molecular weight is 681 g/mol. The van der Waals surface area contributed by atoms with Crippen LogP contribution < -0.4 is 5.32 Å². The van der Waals surface area contributed by atoms with E-state index in [4.69, 9.17) is 9.47 Å². The molecule has 1 aliphatic heterocycles. The summed E-state index contributed by atoms with van der Waals surface area (Å²) in [5, 5.41) is 13.1. The van der Waals surface area contributed by atoms with Crippen molar-refractivity contribution in [3.8, 4) is 0 Å². The number of carboxylic acid groups (broad SMARTS) is 1. The lowest BCUT2D eigenvalue weighted by Gasteiger charge is -2.37. The fraction of sp³-hybridized carbons (Fsp3) is 0.541. The molecule has 0 spiro atoms. The zero-order valence-corrected chi connectivity index (χ0v) is 29.4. The number of amides is 3. The molecule has 2 N–H and O–H groups in total. The van der Waals surface area contributed by atoms with Crippen molar-refractivity contribution in [3.63, 3.8) is 0 Å². The van der Waals surface area contributed by atoms with Crippen LogP contribution >= 0.6 is 0 Å². The first-order chi connectivity index (χ1) is 23.3. The highest BCUT2D eigenvalue weighted by Gasteiger charge is 2.39. The molecular formula is C37H52N4O8. The van der Waals surface area contributed by atoms with Gasteiger partial charge in [-0.05, 0) is 51.2 Å². The number of benzene rings is 2. The number of esters is 1. The smallest absolute Gasteiger partial charge is 0.326 e. The van der Waals surface area contributed by atoms with Crippen LogP contribution in [0.2, 0.25) is 0 Å². The maximum atomic E-state index is 14.6. The van der Waals surface area contributed by atoms with Gasteiger partial charge in [-0.15, -0.1) is 0 Å². The molecule has 2 aromatic carbocycles. The minimum Gasteiger partial charge on any atom is -0.480 e. The van der Waals surface area contributed by atoms with Gasteiger partial charge < -0.3 is 24.8 Å². The number of aryl methyl sites for hydroxylation is 1. The monoisotopic (exact) mass is 680 g/mol. The van der Waals surface area contributed by atoms with Crippen molar-refractivity contribution in [2.24, 2.45) is 5.41 Å². The minimum absolute atomic E-state index is 0.0571. The lowest BCUT2D eigenvalue weighted by Crippen LogP contribution is -2.59. The molecule has 1 fully saturated rings. The minimum atomic E-state index is -1.22. The SMILES string of the molecule is CCCC(C(=O)N(C)C(Cc1ccccc1)C(=O)O)N(COC(=O)C(C)(C)C)C(=O)C(CCc1ccccc1)NC(=O)CN1CCOCC1. The topological polar surface area (TPSA) is 146 Å². The highest BCUT2D eigenvalue weighted by Crippen LogP contribution is 2.20. The average Bonchev–Trinajstić information content (AvgIpc) is 3.08. The molecule has 12 heteroatoms. The summed E-state index contributed by atoms with van der Waals surface area (Å²) >= 11 is 0. The van der Waals surface area contributed by atoms with Gasteiger partial charge in [0.25, 0.3) is 0 Å². The molecule has 1 heterocycles. The second-order valence-electron chi connectivity index (χ2n) is 13.4. The fourth-order valence-corrected chi connectivity index (χ4v) is 5.57. The van der Waals surface area contributed by atoms with Gasteiger partial charge in [-0.1, -0.05) is 74.0 Å². The Kier molecular flexibility index (Phi) is 15.2. The summed E-state index contributed by atoms with van der Waals surface area (Å²) < 4.78 is 11.0. The van der Waals surface area contributed by atoms with E-state index in [1.54, 1.807) is 45.0 Å². The van der Waals surface area contributed by atoms with Crippen molar-refractivity contribution in [3.05, 3.63) is 71.8 Å². The molecule has 3 atom stereocenters. The van der Waals surface area contributed by atoms with E-state index in [1.165, 1.54) is 11.9 Å². The lowest BCUT2D eigenvalue weighted by atomic mass is 9.97. The van der Waals surface area contributed by atoms with E-state index in [0.717, 1.165) is 16.0 Å². The van der Waals surface area contributed by atoms with Crippen LogP contribution in [0.15, 0.2) is 60.7 Å². The molecule has 2 aromatic rings. The second kappa shape index (κ2) is 19.0. The third kappa shape index (κ3) is 12.3.